The van der Waals surface area contributed by atoms with Gasteiger partial charge in [-0.1, -0.05) is 67.9 Å². The summed E-state index contributed by atoms with van der Waals surface area (Å²) >= 11 is 6.31. The summed E-state index contributed by atoms with van der Waals surface area (Å²) in [6.07, 6.45) is 2.28. The van der Waals surface area contributed by atoms with E-state index in [1.165, 1.54) is 6.07 Å². The second-order valence-corrected chi connectivity index (χ2v) is 9.31. The molecule has 1 heterocycles. The van der Waals surface area contributed by atoms with Crippen LogP contribution in [-0.4, -0.2) is 39.6 Å². The highest BCUT2D eigenvalue weighted by atomic mass is 35.5. The summed E-state index contributed by atoms with van der Waals surface area (Å²) in [5.74, 6) is -2.38. The number of hydrogen-bond acceptors (Lipinski definition) is 4. The van der Waals surface area contributed by atoms with Crippen molar-refractivity contribution in [1.29, 1.82) is 0 Å². The number of hydrogen-bond donors (Lipinski definition) is 0. The predicted octanol–water partition coefficient (Wildman–Crippen LogP) is 4.78. The van der Waals surface area contributed by atoms with E-state index in [1.807, 2.05) is 0 Å². The van der Waals surface area contributed by atoms with Crippen LogP contribution in [0.3, 0.4) is 0 Å². The van der Waals surface area contributed by atoms with Gasteiger partial charge in [0, 0.05) is 5.56 Å². The lowest BCUT2D eigenvalue weighted by Gasteiger charge is -2.36. The number of hydrazine groups is 1. The topological polar surface area (TPSA) is 74.8 Å². The van der Waals surface area contributed by atoms with E-state index in [0.717, 1.165) is 16.4 Å². The molecule has 1 aliphatic carbocycles. The smallest absolute Gasteiger partial charge is 0.275 e. The highest BCUT2D eigenvalue weighted by Gasteiger charge is 2.54. The molecule has 0 aromatic heterocycles. The molecular formula is C26H27ClN2O4. The van der Waals surface area contributed by atoms with E-state index in [9.17, 15) is 19.2 Å². The van der Waals surface area contributed by atoms with Crippen LogP contribution in [-0.2, 0) is 9.59 Å². The minimum Gasteiger partial charge on any atom is -0.292 e. The van der Waals surface area contributed by atoms with Crippen molar-refractivity contribution in [3.05, 3.63) is 70.7 Å². The Labute approximate surface area is 198 Å². The van der Waals surface area contributed by atoms with Gasteiger partial charge in [0.15, 0.2) is 5.78 Å². The van der Waals surface area contributed by atoms with E-state index in [4.69, 9.17) is 11.6 Å². The van der Waals surface area contributed by atoms with E-state index in [0.29, 0.717) is 24.3 Å². The molecule has 0 N–H and O–H groups in total. The van der Waals surface area contributed by atoms with Gasteiger partial charge in [0.2, 0.25) is 0 Å². The minimum absolute atomic E-state index is 0.141. The minimum atomic E-state index is -1.03. The Morgan fingerprint density at radius 3 is 2.30 bits per heavy atom. The van der Waals surface area contributed by atoms with Gasteiger partial charge >= 0.3 is 0 Å². The Kier molecular flexibility index (Phi) is 6.66. The Bertz CT molecular complexity index is 1090. The number of Topliss-reactive ketones (excluding diaryl/α,β-unsaturated/α-hetero) is 1. The van der Waals surface area contributed by atoms with Crippen molar-refractivity contribution in [1.82, 2.24) is 10.0 Å². The molecule has 172 valence electrons. The van der Waals surface area contributed by atoms with Crippen LogP contribution in [0.5, 0.6) is 0 Å². The molecule has 4 rings (SSSR count). The first-order valence-corrected chi connectivity index (χ1v) is 11.8. The number of imide groups is 1. The van der Waals surface area contributed by atoms with Crippen LogP contribution < -0.4 is 0 Å². The van der Waals surface area contributed by atoms with Crippen molar-refractivity contribution < 1.29 is 19.2 Å². The molecule has 0 unspecified atom stereocenters. The lowest BCUT2D eigenvalue weighted by atomic mass is 9.76. The first-order valence-electron chi connectivity index (χ1n) is 11.4. The Hall–Kier alpha value is -2.99. The molecule has 0 bridgehead atoms. The van der Waals surface area contributed by atoms with Gasteiger partial charge in [0.05, 0.1) is 22.4 Å². The van der Waals surface area contributed by atoms with Crippen LogP contribution >= 0.6 is 11.6 Å². The summed E-state index contributed by atoms with van der Waals surface area (Å²) < 4.78 is 0. The fourth-order valence-corrected chi connectivity index (χ4v) is 5.20. The van der Waals surface area contributed by atoms with Gasteiger partial charge in [-0.2, -0.15) is 5.01 Å². The molecule has 6 nitrogen and oxygen atoms in total. The quantitative estimate of drug-likeness (QED) is 0.453. The lowest BCUT2D eigenvalue weighted by molar-refractivity contribution is -0.156. The number of amides is 3. The van der Waals surface area contributed by atoms with Gasteiger partial charge in [-0.3, -0.25) is 19.2 Å². The summed E-state index contributed by atoms with van der Waals surface area (Å²) in [7, 11) is 0. The van der Waals surface area contributed by atoms with E-state index in [2.05, 4.69) is 6.92 Å². The number of benzene rings is 2. The number of halogens is 1. The van der Waals surface area contributed by atoms with Crippen LogP contribution in [0.2, 0.25) is 5.02 Å². The third-order valence-electron chi connectivity index (χ3n) is 6.74. The van der Waals surface area contributed by atoms with Crippen LogP contribution in [0, 0.1) is 17.8 Å². The zero-order valence-electron chi connectivity index (χ0n) is 18.7. The normalized spacial score (nSPS) is 23.2. The summed E-state index contributed by atoms with van der Waals surface area (Å²) in [6.45, 7) is 3.83. The van der Waals surface area contributed by atoms with Crippen molar-refractivity contribution in [2.45, 2.75) is 45.6 Å². The summed E-state index contributed by atoms with van der Waals surface area (Å²) in [6, 6.07) is 14.0. The number of fused-ring (bicyclic) bond motifs is 1. The summed E-state index contributed by atoms with van der Waals surface area (Å²) in [5.41, 5.74) is 0.550. The monoisotopic (exact) mass is 466 g/mol. The number of carbonyl (C=O) groups is 4. The second kappa shape index (κ2) is 9.48. The molecule has 1 saturated heterocycles. The molecular weight excluding hydrogens is 440 g/mol. The first kappa shape index (κ1) is 23.2. The highest BCUT2D eigenvalue weighted by molar-refractivity contribution is 6.34. The maximum absolute atomic E-state index is 13.8. The van der Waals surface area contributed by atoms with Gasteiger partial charge in [0.25, 0.3) is 17.7 Å². The fourth-order valence-electron chi connectivity index (χ4n) is 4.98. The average Bonchev–Trinajstić information content (AvgIpc) is 3.06. The molecule has 4 atom stereocenters. The number of nitrogens with zero attached hydrogens (tertiary/aromatic N) is 2. The van der Waals surface area contributed by atoms with Crippen LogP contribution in [0.1, 0.15) is 60.2 Å². The molecule has 33 heavy (non-hydrogen) atoms. The molecule has 0 spiro atoms. The molecule has 1 aliphatic heterocycles. The third-order valence-corrected chi connectivity index (χ3v) is 7.06. The van der Waals surface area contributed by atoms with Gasteiger partial charge in [-0.15, -0.1) is 0 Å². The number of rotatable bonds is 6. The van der Waals surface area contributed by atoms with Crippen molar-refractivity contribution in [2.75, 3.05) is 0 Å². The first-order chi connectivity index (χ1) is 15.8. The van der Waals surface area contributed by atoms with Crippen LogP contribution in [0.25, 0.3) is 0 Å². The largest absolute Gasteiger partial charge is 0.292 e. The van der Waals surface area contributed by atoms with Gasteiger partial charge < -0.3 is 0 Å². The lowest BCUT2D eigenvalue weighted by Crippen LogP contribution is -2.57. The average molecular weight is 467 g/mol. The molecule has 2 aliphatic rings. The van der Waals surface area contributed by atoms with Crippen LogP contribution in [0.15, 0.2) is 54.6 Å². The molecule has 7 heteroatoms. The van der Waals surface area contributed by atoms with Crippen molar-refractivity contribution in [3.63, 3.8) is 0 Å². The van der Waals surface area contributed by atoms with E-state index in [1.54, 1.807) is 55.5 Å². The maximum Gasteiger partial charge on any atom is 0.275 e. The summed E-state index contributed by atoms with van der Waals surface area (Å²) in [4.78, 5) is 54.3. The fraction of sp³-hybridized carbons (Fsp3) is 0.385. The zero-order valence-corrected chi connectivity index (χ0v) is 19.5. The maximum atomic E-state index is 13.8. The van der Waals surface area contributed by atoms with Crippen molar-refractivity contribution in [2.24, 2.45) is 17.8 Å². The van der Waals surface area contributed by atoms with Crippen LogP contribution in [0.4, 0.5) is 0 Å². The molecule has 2 aromatic rings. The number of carbonyl (C=O) groups excluding carboxylic acids is 4. The molecule has 2 fully saturated rings. The van der Waals surface area contributed by atoms with Crippen molar-refractivity contribution >= 4 is 35.1 Å². The van der Waals surface area contributed by atoms with Gasteiger partial charge in [-0.25, -0.2) is 5.01 Å². The Balaban J connectivity index is 1.80. The third kappa shape index (κ3) is 4.20. The van der Waals surface area contributed by atoms with E-state index < -0.39 is 35.6 Å². The zero-order chi connectivity index (χ0) is 23.7. The van der Waals surface area contributed by atoms with Gasteiger partial charge in [0.1, 0.15) is 6.04 Å². The van der Waals surface area contributed by atoms with Crippen molar-refractivity contribution in [3.8, 4) is 0 Å². The SMILES string of the molecule is CC[C@H](C(=O)c1ccccc1)N(C(=O)c1ccccc1Cl)N1C(=O)[C@H]2C[C@H](C)CC[C@H]2C1=O. The predicted molar refractivity (Wildman–Crippen MR) is 124 cm³/mol. The summed E-state index contributed by atoms with van der Waals surface area (Å²) in [5, 5.41) is 2.22. The standard InChI is InChI=1S/C26H27ClN2O4/c1-3-22(23(30)17-9-5-4-6-10-17)28(25(32)19-11-7-8-12-21(19)27)29-24(31)18-14-13-16(2)15-20(18)26(29)33/h4-12,16,18,20,22H,3,13-15H2,1-2H3/t16-,18-,20+,22-/m1/s1. The molecule has 2 aromatic carbocycles. The molecule has 1 saturated carbocycles. The molecule has 0 radical (unpaired) electrons. The van der Waals surface area contributed by atoms with E-state index >= 15 is 0 Å². The van der Waals surface area contributed by atoms with E-state index in [-0.39, 0.29) is 22.8 Å². The highest BCUT2D eigenvalue weighted by Crippen LogP contribution is 2.42. The Morgan fingerprint density at radius 2 is 1.64 bits per heavy atom. The molecule has 3 amide bonds. The second-order valence-electron chi connectivity index (χ2n) is 8.90. The Morgan fingerprint density at radius 1 is 1.00 bits per heavy atom. The number of ketones is 1. The van der Waals surface area contributed by atoms with Gasteiger partial charge in [-0.05, 0) is 43.7 Å².